The number of hydrogen-bond acceptors (Lipinski definition) is 3. The molecule has 3 rings (SSSR count). The summed E-state index contributed by atoms with van der Waals surface area (Å²) in [7, 11) is -3.65. The van der Waals surface area contributed by atoms with Gasteiger partial charge in [-0.2, -0.15) is 4.31 Å². The zero-order valence-corrected chi connectivity index (χ0v) is 15.0. The molecular weight excluding hydrogens is 362 g/mol. The molecule has 26 heavy (non-hydrogen) atoms. The largest absolute Gasteiger partial charge is 0.336 e. The number of nitrogens with zero attached hydrogens (tertiary/aromatic N) is 2. The average molecular weight is 380 g/mol. The van der Waals surface area contributed by atoms with Crippen molar-refractivity contribution >= 4 is 15.9 Å². The third-order valence-corrected chi connectivity index (χ3v) is 6.26. The number of carbonyl (C=O) groups is 1. The molecule has 138 valence electrons. The van der Waals surface area contributed by atoms with E-state index in [0.717, 1.165) is 23.8 Å². The molecule has 0 aromatic heterocycles. The molecule has 0 aliphatic carbocycles. The third-order valence-electron chi connectivity index (χ3n) is 4.34. The van der Waals surface area contributed by atoms with Crippen LogP contribution >= 0.6 is 0 Å². The van der Waals surface area contributed by atoms with E-state index in [-0.39, 0.29) is 36.6 Å². The van der Waals surface area contributed by atoms with Crippen molar-refractivity contribution in [3.63, 3.8) is 0 Å². The first kappa shape index (κ1) is 18.5. The van der Waals surface area contributed by atoms with E-state index in [2.05, 4.69) is 0 Å². The monoisotopic (exact) mass is 380 g/mol. The summed E-state index contributed by atoms with van der Waals surface area (Å²) in [5.41, 5.74) is 0.608. The molecule has 1 aliphatic rings. The highest BCUT2D eigenvalue weighted by Gasteiger charge is 2.31. The van der Waals surface area contributed by atoms with E-state index in [1.54, 1.807) is 24.3 Å². The van der Waals surface area contributed by atoms with E-state index in [9.17, 15) is 22.0 Å². The van der Waals surface area contributed by atoms with Crippen LogP contribution in [-0.2, 0) is 10.0 Å². The van der Waals surface area contributed by atoms with Crippen LogP contribution in [0.25, 0.3) is 0 Å². The van der Waals surface area contributed by atoms with Crippen molar-refractivity contribution in [3.05, 3.63) is 65.2 Å². The van der Waals surface area contributed by atoms with Gasteiger partial charge in [0.25, 0.3) is 5.91 Å². The normalized spacial score (nSPS) is 15.9. The molecule has 0 bridgehead atoms. The maximum absolute atomic E-state index is 13.8. The number of rotatable bonds is 3. The van der Waals surface area contributed by atoms with Crippen LogP contribution in [0.4, 0.5) is 8.78 Å². The van der Waals surface area contributed by atoms with E-state index >= 15 is 0 Å². The highest BCUT2D eigenvalue weighted by Crippen LogP contribution is 2.20. The van der Waals surface area contributed by atoms with Crippen molar-refractivity contribution in [2.75, 3.05) is 26.2 Å². The zero-order valence-electron chi connectivity index (χ0n) is 14.2. The Morgan fingerprint density at radius 1 is 0.962 bits per heavy atom. The summed E-state index contributed by atoms with van der Waals surface area (Å²) in [5.74, 6) is -2.14. The molecule has 0 unspecified atom stereocenters. The second-order valence-corrected chi connectivity index (χ2v) is 8.07. The van der Waals surface area contributed by atoms with E-state index in [4.69, 9.17) is 0 Å². The van der Waals surface area contributed by atoms with E-state index in [1.165, 1.54) is 9.21 Å². The van der Waals surface area contributed by atoms with Crippen LogP contribution in [0.15, 0.2) is 47.4 Å². The number of halogens is 2. The summed E-state index contributed by atoms with van der Waals surface area (Å²) in [5, 5.41) is 0. The summed E-state index contributed by atoms with van der Waals surface area (Å²) in [6.07, 6.45) is 0. The maximum atomic E-state index is 13.8. The Balaban J connectivity index is 1.71. The molecule has 0 spiro atoms. The predicted molar refractivity (Wildman–Crippen MR) is 92.2 cm³/mol. The van der Waals surface area contributed by atoms with Crippen molar-refractivity contribution in [2.24, 2.45) is 0 Å². The number of benzene rings is 2. The highest BCUT2D eigenvalue weighted by atomic mass is 32.2. The van der Waals surface area contributed by atoms with Crippen molar-refractivity contribution in [3.8, 4) is 0 Å². The molecule has 8 heteroatoms. The van der Waals surface area contributed by atoms with Gasteiger partial charge in [0.05, 0.1) is 10.5 Å². The second-order valence-electron chi connectivity index (χ2n) is 6.13. The SMILES string of the molecule is Cc1ccc(S(=O)(=O)N2CCN(C(=O)c3cc(F)ccc3F)CC2)cc1. The molecule has 1 amide bonds. The number of hydrogen-bond donors (Lipinski definition) is 0. The minimum absolute atomic E-state index is 0.0961. The number of piperazine rings is 1. The summed E-state index contributed by atoms with van der Waals surface area (Å²) in [4.78, 5) is 13.9. The van der Waals surface area contributed by atoms with Gasteiger partial charge in [-0.15, -0.1) is 0 Å². The van der Waals surface area contributed by atoms with Crippen molar-refractivity contribution in [1.29, 1.82) is 0 Å². The molecule has 2 aromatic rings. The van der Waals surface area contributed by atoms with Crippen molar-refractivity contribution < 1.29 is 22.0 Å². The fourth-order valence-electron chi connectivity index (χ4n) is 2.82. The number of carbonyl (C=O) groups excluding carboxylic acids is 1. The molecule has 0 radical (unpaired) electrons. The standard InChI is InChI=1S/C18H18F2N2O3S/c1-13-2-5-15(6-3-13)26(24,25)22-10-8-21(9-11-22)18(23)16-12-14(19)4-7-17(16)20/h2-7,12H,8-11H2,1H3. The second kappa shape index (κ2) is 7.13. The van der Waals surface area contributed by atoms with Gasteiger partial charge in [-0.3, -0.25) is 4.79 Å². The van der Waals surface area contributed by atoms with Crippen LogP contribution in [0.5, 0.6) is 0 Å². The van der Waals surface area contributed by atoms with Gasteiger partial charge in [0.1, 0.15) is 11.6 Å². The van der Waals surface area contributed by atoms with Crippen LogP contribution in [0.1, 0.15) is 15.9 Å². The fourth-order valence-corrected chi connectivity index (χ4v) is 4.24. The summed E-state index contributed by atoms with van der Waals surface area (Å²) < 4.78 is 53.7. The Kier molecular flexibility index (Phi) is 5.06. The van der Waals surface area contributed by atoms with E-state index in [1.807, 2.05) is 6.92 Å². The van der Waals surface area contributed by atoms with Crippen LogP contribution in [-0.4, -0.2) is 49.7 Å². The van der Waals surface area contributed by atoms with Crippen LogP contribution in [0.3, 0.4) is 0 Å². The Hall–Kier alpha value is -2.32. The molecule has 2 aromatic carbocycles. The summed E-state index contributed by atoms with van der Waals surface area (Å²) >= 11 is 0. The lowest BCUT2D eigenvalue weighted by atomic mass is 10.1. The van der Waals surface area contributed by atoms with Gasteiger partial charge in [-0.25, -0.2) is 17.2 Å². The Morgan fingerprint density at radius 2 is 1.58 bits per heavy atom. The van der Waals surface area contributed by atoms with Crippen molar-refractivity contribution in [1.82, 2.24) is 9.21 Å². The number of amides is 1. The molecule has 5 nitrogen and oxygen atoms in total. The van der Waals surface area contributed by atoms with Gasteiger partial charge in [-0.05, 0) is 37.3 Å². The first-order valence-electron chi connectivity index (χ1n) is 8.10. The molecule has 0 N–H and O–H groups in total. The Labute approximate surface area is 150 Å². The minimum Gasteiger partial charge on any atom is -0.336 e. The molecule has 0 saturated carbocycles. The highest BCUT2D eigenvalue weighted by molar-refractivity contribution is 7.89. The van der Waals surface area contributed by atoms with Crippen LogP contribution in [0, 0.1) is 18.6 Å². The topological polar surface area (TPSA) is 57.7 Å². The molecule has 1 saturated heterocycles. The van der Waals surface area contributed by atoms with E-state index < -0.39 is 27.6 Å². The first-order valence-corrected chi connectivity index (χ1v) is 9.54. The van der Waals surface area contributed by atoms with Gasteiger partial charge in [0.2, 0.25) is 10.0 Å². The third kappa shape index (κ3) is 3.61. The lowest BCUT2D eigenvalue weighted by Gasteiger charge is -2.34. The van der Waals surface area contributed by atoms with Gasteiger partial charge in [0.15, 0.2) is 0 Å². The van der Waals surface area contributed by atoms with Crippen LogP contribution in [0.2, 0.25) is 0 Å². The van der Waals surface area contributed by atoms with Crippen LogP contribution < -0.4 is 0 Å². The van der Waals surface area contributed by atoms with Gasteiger partial charge >= 0.3 is 0 Å². The molecular formula is C18H18F2N2O3S. The minimum atomic E-state index is -3.65. The first-order chi connectivity index (χ1) is 12.3. The lowest BCUT2D eigenvalue weighted by Crippen LogP contribution is -2.50. The summed E-state index contributed by atoms with van der Waals surface area (Å²) in [6.45, 7) is 2.28. The fraction of sp³-hybridized carbons (Fsp3) is 0.278. The molecule has 1 heterocycles. The number of aryl methyl sites for hydroxylation is 1. The quantitative estimate of drug-likeness (QED) is 0.822. The molecule has 0 atom stereocenters. The Morgan fingerprint density at radius 3 is 2.19 bits per heavy atom. The molecule has 1 fully saturated rings. The Bertz CT molecular complexity index is 922. The maximum Gasteiger partial charge on any atom is 0.257 e. The van der Waals surface area contributed by atoms with Gasteiger partial charge in [-0.1, -0.05) is 17.7 Å². The number of sulfonamides is 1. The average Bonchev–Trinajstić information content (AvgIpc) is 2.63. The van der Waals surface area contributed by atoms with Crippen molar-refractivity contribution in [2.45, 2.75) is 11.8 Å². The summed E-state index contributed by atoms with van der Waals surface area (Å²) in [6, 6.07) is 9.24. The van der Waals surface area contributed by atoms with Gasteiger partial charge in [0, 0.05) is 26.2 Å². The smallest absolute Gasteiger partial charge is 0.257 e. The lowest BCUT2D eigenvalue weighted by molar-refractivity contribution is 0.0692. The zero-order chi connectivity index (χ0) is 18.9. The molecule has 1 aliphatic heterocycles. The van der Waals surface area contributed by atoms with Gasteiger partial charge < -0.3 is 4.90 Å². The van der Waals surface area contributed by atoms with E-state index in [0.29, 0.717) is 0 Å². The predicted octanol–water partition coefficient (Wildman–Crippen LogP) is 2.42.